The highest BCUT2D eigenvalue weighted by molar-refractivity contribution is 7.89. The minimum absolute atomic E-state index is 0.0224. The summed E-state index contributed by atoms with van der Waals surface area (Å²) in [4.78, 5) is 0.198. The van der Waals surface area contributed by atoms with E-state index in [9.17, 15) is 8.42 Å². The van der Waals surface area contributed by atoms with Gasteiger partial charge < -0.3 is 9.63 Å². The molecule has 0 amide bonds. The Morgan fingerprint density at radius 3 is 2.79 bits per heavy atom. The highest BCUT2D eigenvalue weighted by atomic mass is 32.2. The summed E-state index contributed by atoms with van der Waals surface area (Å²) < 4.78 is 31.8. The van der Waals surface area contributed by atoms with Crippen LogP contribution in [0.25, 0.3) is 0 Å². The molecule has 0 aliphatic carbocycles. The molecule has 0 radical (unpaired) electrons. The molecule has 0 saturated carbocycles. The lowest BCUT2D eigenvalue weighted by Crippen LogP contribution is -2.36. The quantitative estimate of drug-likeness (QED) is 0.880. The maximum atomic E-state index is 12.7. The molecule has 108 valence electrons. The van der Waals surface area contributed by atoms with E-state index in [1.54, 1.807) is 13.8 Å². The van der Waals surface area contributed by atoms with E-state index in [-0.39, 0.29) is 17.5 Å². The molecule has 1 N–H and O–H groups in total. The Kier molecular flexibility index (Phi) is 4.27. The monoisotopic (exact) mass is 288 g/mol. The smallest absolute Gasteiger partial charge is 0.248 e. The zero-order valence-electron chi connectivity index (χ0n) is 11.3. The van der Waals surface area contributed by atoms with E-state index in [0.717, 1.165) is 12.8 Å². The van der Waals surface area contributed by atoms with Crippen molar-refractivity contribution in [3.63, 3.8) is 0 Å². The molecule has 1 unspecified atom stereocenters. The van der Waals surface area contributed by atoms with Crippen molar-refractivity contribution < 1.29 is 18.0 Å². The largest absolute Gasteiger partial charge is 0.396 e. The predicted molar refractivity (Wildman–Crippen MR) is 69.2 cm³/mol. The van der Waals surface area contributed by atoms with Crippen LogP contribution in [0.1, 0.15) is 37.1 Å². The van der Waals surface area contributed by atoms with E-state index in [1.165, 1.54) is 4.31 Å². The summed E-state index contributed by atoms with van der Waals surface area (Å²) >= 11 is 0. The van der Waals surface area contributed by atoms with E-state index in [0.29, 0.717) is 30.8 Å². The number of rotatable bonds is 5. The van der Waals surface area contributed by atoms with Gasteiger partial charge in [-0.1, -0.05) is 5.16 Å². The van der Waals surface area contributed by atoms with Gasteiger partial charge in [0.25, 0.3) is 0 Å². The average Bonchev–Trinajstić information content (AvgIpc) is 2.94. The number of aliphatic hydroxyl groups is 1. The Labute approximate surface area is 113 Å². The van der Waals surface area contributed by atoms with E-state index in [2.05, 4.69) is 5.16 Å². The summed E-state index contributed by atoms with van der Waals surface area (Å²) in [7, 11) is -3.54. The van der Waals surface area contributed by atoms with Crippen LogP contribution in [0.5, 0.6) is 0 Å². The molecule has 1 fully saturated rings. The first-order valence-corrected chi connectivity index (χ1v) is 7.98. The number of aryl methyl sites for hydroxylation is 2. The summed E-state index contributed by atoms with van der Waals surface area (Å²) in [6.45, 7) is 3.88. The molecule has 2 heterocycles. The molecule has 19 heavy (non-hydrogen) atoms. The third-order valence-electron chi connectivity index (χ3n) is 3.55. The summed E-state index contributed by atoms with van der Waals surface area (Å²) in [5.41, 5.74) is 0.408. The molecule has 0 bridgehead atoms. The molecule has 1 aromatic rings. The van der Waals surface area contributed by atoms with Crippen LogP contribution in [-0.4, -0.2) is 42.2 Å². The van der Waals surface area contributed by atoms with Gasteiger partial charge in [-0.25, -0.2) is 8.42 Å². The van der Waals surface area contributed by atoms with Crippen molar-refractivity contribution in [3.8, 4) is 0 Å². The van der Waals surface area contributed by atoms with Crippen LogP contribution in [-0.2, 0) is 10.0 Å². The fourth-order valence-corrected chi connectivity index (χ4v) is 4.72. The van der Waals surface area contributed by atoms with Crippen molar-refractivity contribution in [1.82, 2.24) is 9.46 Å². The highest BCUT2D eigenvalue weighted by Gasteiger charge is 2.38. The molecular formula is C12H20N2O4S. The molecule has 1 atom stereocenters. The van der Waals surface area contributed by atoms with E-state index in [1.807, 2.05) is 0 Å². The zero-order valence-corrected chi connectivity index (χ0v) is 12.1. The van der Waals surface area contributed by atoms with E-state index in [4.69, 9.17) is 9.63 Å². The van der Waals surface area contributed by atoms with Crippen LogP contribution in [0.3, 0.4) is 0 Å². The lowest BCUT2D eigenvalue weighted by atomic mass is 10.1. The highest BCUT2D eigenvalue weighted by Crippen LogP contribution is 2.31. The van der Waals surface area contributed by atoms with Gasteiger partial charge in [0.1, 0.15) is 10.6 Å². The van der Waals surface area contributed by atoms with Gasteiger partial charge in [-0.15, -0.1) is 0 Å². The van der Waals surface area contributed by atoms with Gasteiger partial charge in [0.05, 0.1) is 0 Å². The van der Waals surface area contributed by atoms with Gasteiger partial charge in [-0.2, -0.15) is 4.31 Å². The Morgan fingerprint density at radius 1 is 1.47 bits per heavy atom. The molecule has 0 aromatic carbocycles. The maximum absolute atomic E-state index is 12.7. The summed E-state index contributed by atoms with van der Waals surface area (Å²) in [5.74, 6) is 0.338. The number of hydrogen-bond acceptors (Lipinski definition) is 5. The number of aromatic nitrogens is 1. The first-order valence-electron chi connectivity index (χ1n) is 6.54. The molecule has 7 heteroatoms. The Hall–Kier alpha value is -0.920. The maximum Gasteiger partial charge on any atom is 0.248 e. The minimum Gasteiger partial charge on any atom is -0.396 e. The molecular weight excluding hydrogens is 268 g/mol. The predicted octanol–water partition coefficient (Wildman–Crippen LogP) is 1.22. The average molecular weight is 288 g/mol. The standard InChI is InChI=1S/C12H20N2O4S/c1-9-12(10(2)18-13-9)19(16,17)14-7-3-5-11(14)6-4-8-15/h11,15H,3-8H2,1-2H3. The molecule has 0 spiro atoms. The minimum atomic E-state index is -3.54. The van der Waals surface area contributed by atoms with E-state index >= 15 is 0 Å². The van der Waals surface area contributed by atoms with Gasteiger partial charge in [0.15, 0.2) is 5.76 Å². The van der Waals surface area contributed by atoms with E-state index < -0.39 is 10.0 Å². The Morgan fingerprint density at radius 2 is 2.21 bits per heavy atom. The zero-order chi connectivity index (χ0) is 14.0. The SMILES string of the molecule is Cc1noc(C)c1S(=O)(=O)N1CCCC1CCCO. The molecule has 1 aliphatic heterocycles. The summed E-state index contributed by atoms with van der Waals surface area (Å²) in [6, 6.07) is -0.0224. The van der Waals surface area contributed by atoms with Gasteiger partial charge >= 0.3 is 0 Å². The third kappa shape index (κ3) is 2.68. The van der Waals surface area contributed by atoms with Crippen LogP contribution in [0.15, 0.2) is 9.42 Å². The van der Waals surface area contributed by atoms with Crippen molar-refractivity contribution in [2.45, 2.75) is 50.5 Å². The van der Waals surface area contributed by atoms with Gasteiger partial charge in [0.2, 0.25) is 10.0 Å². The third-order valence-corrected chi connectivity index (χ3v) is 5.75. The van der Waals surface area contributed by atoms with Crippen molar-refractivity contribution in [2.75, 3.05) is 13.2 Å². The van der Waals surface area contributed by atoms with Gasteiger partial charge in [-0.05, 0) is 39.5 Å². The molecule has 6 nitrogen and oxygen atoms in total. The fraction of sp³-hybridized carbons (Fsp3) is 0.750. The topological polar surface area (TPSA) is 83.6 Å². The second-order valence-corrected chi connectivity index (χ2v) is 6.76. The molecule has 2 rings (SSSR count). The normalized spacial score (nSPS) is 21.1. The lowest BCUT2D eigenvalue weighted by Gasteiger charge is -2.23. The first kappa shape index (κ1) is 14.5. The lowest BCUT2D eigenvalue weighted by molar-refractivity contribution is 0.264. The number of sulfonamides is 1. The van der Waals surface area contributed by atoms with Crippen LogP contribution in [0.2, 0.25) is 0 Å². The molecule has 1 aromatic heterocycles. The summed E-state index contributed by atoms with van der Waals surface area (Å²) in [6.07, 6.45) is 3.03. The summed E-state index contributed by atoms with van der Waals surface area (Å²) in [5, 5.41) is 12.6. The second-order valence-electron chi connectivity index (χ2n) is 4.93. The van der Waals surface area contributed by atoms with Crippen LogP contribution in [0, 0.1) is 13.8 Å². The fourth-order valence-electron chi connectivity index (χ4n) is 2.70. The van der Waals surface area contributed by atoms with Crippen molar-refractivity contribution in [2.24, 2.45) is 0 Å². The Balaban J connectivity index is 2.29. The second kappa shape index (κ2) is 5.60. The van der Waals surface area contributed by atoms with Crippen LogP contribution in [0.4, 0.5) is 0 Å². The first-order chi connectivity index (χ1) is 8.98. The van der Waals surface area contributed by atoms with Gasteiger partial charge in [-0.3, -0.25) is 0 Å². The van der Waals surface area contributed by atoms with Crippen molar-refractivity contribution >= 4 is 10.0 Å². The Bertz CT molecular complexity index is 518. The number of aliphatic hydroxyl groups excluding tert-OH is 1. The van der Waals surface area contributed by atoms with Crippen LogP contribution < -0.4 is 0 Å². The number of nitrogens with zero attached hydrogens (tertiary/aromatic N) is 2. The van der Waals surface area contributed by atoms with Crippen LogP contribution >= 0.6 is 0 Å². The van der Waals surface area contributed by atoms with Crippen molar-refractivity contribution in [3.05, 3.63) is 11.5 Å². The number of hydrogen-bond donors (Lipinski definition) is 1. The molecule has 1 saturated heterocycles. The molecule has 1 aliphatic rings. The van der Waals surface area contributed by atoms with Crippen molar-refractivity contribution in [1.29, 1.82) is 0 Å². The van der Waals surface area contributed by atoms with Gasteiger partial charge in [0, 0.05) is 19.2 Å².